The Morgan fingerprint density at radius 2 is 1.68 bits per heavy atom. The van der Waals surface area contributed by atoms with Gasteiger partial charge in [0.25, 0.3) is 0 Å². The molecule has 1 aliphatic carbocycles. The molecule has 7 nitrogen and oxygen atoms in total. The summed E-state index contributed by atoms with van der Waals surface area (Å²) in [5.41, 5.74) is 4.87. The largest absolute Gasteiger partial charge is 0.493 e. The number of para-hydroxylation sites is 3. The molecule has 0 spiro atoms. The minimum atomic E-state index is -0.630. The van der Waals surface area contributed by atoms with Crippen molar-refractivity contribution < 1.29 is 23.8 Å². The Balaban J connectivity index is 1.68. The molecule has 3 aromatic carbocycles. The molecule has 7 heteroatoms. The van der Waals surface area contributed by atoms with E-state index >= 15 is 0 Å². The van der Waals surface area contributed by atoms with Crippen LogP contribution in [-0.2, 0) is 9.59 Å². The van der Waals surface area contributed by atoms with Crippen LogP contribution in [0, 0.1) is 0 Å². The molecule has 232 valence electrons. The van der Waals surface area contributed by atoms with E-state index in [9.17, 15) is 9.59 Å². The molecule has 3 aromatic rings. The highest BCUT2D eigenvalue weighted by atomic mass is 16.5. The molecular formula is C37H44N2O5. The normalized spacial score (nSPS) is 18.5. The molecule has 3 atom stereocenters. The van der Waals surface area contributed by atoms with E-state index in [1.54, 1.807) is 14.2 Å². The smallest absolute Gasteiger partial charge is 0.227 e. The van der Waals surface area contributed by atoms with Gasteiger partial charge >= 0.3 is 0 Å². The summed E-state index contributed by atoms with van der Waals surface area (Å²) in [6.07, 6.45) is 4.92. The van der Waals surface area contributed by atoms with Gasteiger partial charge in [-0.2, -0.15) is 0 Å². The van der Waals surface area contributed by atoms with E-state index in [1.165, 1.54) is 0 Å². The second-order valence-electron chi connectivity index (χ2n) is 11.7. The number of carbonyl (C=O) groups is 2. The fourth-order valence-corrected chi connectivity index (χ4v) is 6.26. The Morgan fingerprint density at radius 1 is 0.932 bits per heavy atom. The molecule has 0 radical (unpaired) electrons. The summed E-state index contributed by atoms with van der Waals surface area (Å²) in [5, 5.41) is 3.63. The number of nitrogens with one attached hydrogen (secondary N) is 1. The summed E-state index contributed by atoms with van der Waals surface area (Å²) < 4.78 is 17.5. The number of methoxy groups -OCH3 is 2. The van der Waals surface area contributed by atoms with Crippen LogP contribution >= 0.6 is 0 Å². The number of ketones is 1. The molecule has 1 amide bonds. The van der Waals surface area contributed by atoms with Crippen LogP contribution in [0.5, 0.6) is 17.2 Å². The van der Waals surface area contributed by atoms with Gasteiger partial charge in [-0.05, 0) is 68.0 Å². The predicted octanol–water partition coefficient (Wildman–Crippen LogP) is 8.36. The first-order valence-corrected chi connectivity index (χ1v) is 15.8. The monoisotopic (exact) mass is 596 g/mol. The van der Waals surface area contributed by atoms with E-state index in [1.807, 2.05) is 78.6 Å². The Hall–Kier alpha value is -4.26. The van der Waals surface area contributed by atoms with E-state index in [2.05, 4.69) is 19.2 Å². The fourth-order valence-electron chi connectivity index (χ4n) is 6.26. The van der Waals surface area contributed by atoms with Gasteiger partial charge in [-0.25, -0.2) is 0 Å². The maximum atomic E-state index is 14.5. The lowest BCUT2D eigenvalue weighted by atomic mass is 9.78. The van der Waals surface area contributed by atoms with E-state index in [4.69, 9.17) is 14.2 Å². The lowest BCUT2D eigenvalue weighted by Crippen LogP contribution is -2.38. The number of carbonyl (C=O) groups excluding carboxylic acids is 2. The van der Waals surface area contributed by atoms with E-state index in [0.29, 0.717) is 42.1 Å². The molecule has 1 aliphatic heterocycles. The predicted molar refractivity (Wildman–Crippen MR) is 175 cm³/mol. The van der Waals surface area contributed by atoms with Crippen LogP contribution in [0.15, 0.2) is 78.0 Å². The number of rotatable bonds is 11. The molecule has 0 bridgehead atoms. The average molecular weight is 597 g/mol. The highest BCUT2D eigenvalue weighted by Gasteiger charge is 2.42. The molecule has 2 aliphatic rings. The third kappa shape index (κ3) is 6.33. The van der Waals surface area contributed by atoms with E-state index < -0.39 is 6.04 Å². The number of unbranched alkanes of at least 4 members (excludes halogenated alkanes) is 2. The summed E-state index contributed by atoms with van der Waals surface area (Å²) in [6, 6.07) is 21.0. The van der Waals surface area contributed by atoms with Gasteiger partial charge in [-0.1, -0.05) is 63.1 Å². The van der Waals surface area contributed by atoms with Crippen molar-refractivity contribution >= 4 is 23.1 Å². The van der Waals surface area contributed by atoms with Crippen molar-refractivity contribution in [2.45, 2.75) is 83.8 Å². The van der Waals surface area contributed by atoms with Crippen LogP contribution in [0.3, 0.4) is 0 Å². The summed E-state index contributed by atoms with van der Waals surface area (Å²) in [7, 11) is 3.23. The van der Waals surface area contributed by atoms with Gasteiger partial charge in [0.15, 0.2) is 17.3 Å². The van der Waals surface area contributed by atoms with Crippen LogP contribution in [0.1, 0.15) is 88.8 Å². The van der Waals surface area contributed by atoms with Gasteiger partial charge in [0.1, 0.15) is 5.75 Å². The Morgan fingerprint density at radius 3 is 2.43 bits per heavy atom. The third-order valence-electron chi connectivity index (χ3n) is 8.75. The summed E-state index contributed by atoms with van der Waals surface area (Å²) >= 11 is 0. The zero-order valence-corrected chi connectivity index (χ0v) is 26.5. The van der Waals surface area contributed by atoms with Crippen LogP contribution in [0.4, 0.5) is 11.4 Å². The molecule has 44 heavy (non-hydrogen) atoms. The number of fused-ring (bicyclic) bond motifs is 1. The lowest BCUT2D eigenvalue weighted by Gasteiger charge is -2.36. The van der Waals surface area contributed by atoms with Gasteiger partial charge in [-0.3, -0.25) is 14.5 Å². The van der Waals surface area contributed by atoms with Crippen molar-refractivity contribution in [1.29, 1.82) is 0 Å². The first-order chi connectivity index (χ1) is 21.4. The number of ether oxygens (including phenoxy) is 3. The quantitative estimate of drug-likeness (QED) is 0.224. The molecular weight excluding hydrogens is 552 g/mol. The van der Waals surface area contributed by atoms with Crippen LogP contribution in [0.25, 0.3) is 0 Å². The number of anilines is 2. The maximum absolute atomic E-state index is 14.5. The van der Waals surface area contributed by atoms with Crippen LogP contribution < -0.4 is 24.4 Å². The van der Waals surface area contributed by atoms with Crippen molar-refractivity contribution in [2.24, 2.45) is 0 Å². The zero-order valence-electron chi connectivity index (χ0n) is 26.5. The molecule has 0 aromatic heterocycles. The molecule has 0 fully saturated rings. The van der Waals surface area contributed by atoms with E-state index in [0.717, 1.165) is 53.9 Å². The Labute approximate surface area is 261 Å². The number of hydrogen-bond donors (Lipinski definition) is 1. The van der Waals surface area contributed by atoms with Crippen molar-refractivity contribution in [1.82, 2.24) is 0 Å². The van der Waals surface area contributed by atoms with Crippen molar-refractivity contribution in [3.63, 3.8) is 0 Å². The van der Waals surface area contributed by atoms with E-state index in [-0.39, 0.29) is 23.7 Å². The second-order valence-corrected chi connectivity index (χ2v) is 11.7. The second kappa shape index (κ2) is 14.0. The molecule has 1 N–H and O–H groups in total. The summed E-state index contributed by atoms with van der Waals surface area (Å²) in [6.45, 7) is 6.26. The SMILES string of the molecule is CCCCCC(=O)N1c2ccccc2NC2=C(C(=O)C[C@H](c3ccc(OC)c(OC)c3)C2)[C@H]1c1ccccc1O[C@@H](C)CC. The van der Waals surface area contributed by atoms with Crippen LogP contribution in [0.2, 0.25) is 0 Å². The number of nitrogens with zero attached hydrogens (tertiary/aromatic N) is 1. The summed E-state index contributed by atoms with van der Waals surface area (Å²) in [5.74, 6) is 1.92. The van der Waals surface area contributed by atoms with Gasteiger partial charge < -0.3 is 19.5 Å². The Kier molecular flexibility index (Phi) is 9.93. The zero-order chi connectivity index (χ0) is 31.2. The summed E-state index contributed by atoms with van der Waals surface area (Å²) in [4.78, 5) is 30.6. The molecule has 0 unspecified atom stereocenters. The molecule has 0 saturated carbocycles. The van der Waals surface area contributed by atoms with Gasteiger partial charge in [0.2, 0.25) is 5.91 Å². The first kappa shape index (κ1) is 31.2. The van der Waals surface area contributed by atoms with Crippen molar-refractivity contribution in [3.8, 4) is 17.2 Å². The fraction of sp³-hybridized carbons (Fsp3) is 0.405. The van der Waals surface area contributed by atoms with Crippen molar-refractivity contribution in [3.05, 3.63) is 89.1 Å². The lowest BCUT2D eigenvalue weighted by molar-refractivity contribution is -0.119. The average Bonchev–Trinajstić information content (AvgIpc) is 3.19. The first-order valence-electron chi connectivity index (χ1n) is 15.8. The van der Waals surface area contributed by atoms with Crippen molar-refractivity contribution in [2.75, 3.05) is 24.4 Å². The topological polar surface area (TPSA) is 77.1 Å². The number of amides is 1. The highest BCUT2D eigenvalue weighted by Crippen LogP contribution is 2.49. The third-order valence-corrected chi connectivity index (χ3v) is 8.75. The Bertz CT molecular complexity index is 1530. The molecule has 1 heterocycles. The molecule has 0 saturated heterocycles. The van der Waals surface area contributed by atoms with Gasteiger partial charge in [0, 0.05) is 29.7 Å². The molecule has 5 rings (SSSR count). The number of Topliss-reactive ketones (excluding diaryl/α,β-unsaturated/α-hetero) is 1. The van der Waals surface area contributed by atoms with Crippen LogP contribution in [-0.4, -0.2) is 32.0 Å². The number of hydrogen-bond acceptors (Lipinski definition) is 6. The standard InChI is InChI=1S/C37H44N2O5/c1-6-8-9-18-35(41)39-30-16-12-11-15-28(30)38-29-21-26(25-19-20-33(42-4)34(23-25)43-5)22-31(40)36(29)37(39)27-14-10-13-17-32(27)44-24(3)7-2/h10-17,19-20,23-24,26,37-38H,6-9,18,21-22H2,1-5H3/t24-,26+,37+/m0/s1. The number of benzene rings is 3. The van der Waals surface area contributed by atoms with Gasteiger partial charge in [0.05, 0.1) is 37.7 Å². The maximum Gasteiger partial charge on any atom is 0.227 e. The minimum Gasteiger partial charge on any atom is -0.493 e. The minimum absolute atomic E-state index is 0.000364. The van der Waals surface area contributed by atoms with Gasteiger partial charge in [-0.15, -0.1) is 0 Å². The highest BCUT2D eigenvalue weighted by molar-refractivity contribution is 6.06. The number of allylic oxidation sites excluding steroid dienone is 1.